The molecule has 3 heterocycles. The van der Waals surface area contributed by atoms with Gasteiger partial charge in [0.25, 0.3) is 0 Å². The molecule has 3 aromatic carbocycles. The zero-order valence-electron chi connectivity index (χ0n) is 22.6. The maximum absolute atomic E-state index is 15.4. The number of aryl methyl sites for hydroxylation is 1. The third-order valence-electron chi connectivity index (χ3n) is 7.65. The van der Waals surface area contributed by atoms with E-state index in [1.54, 1.807) is 24.4 Å². The summed E-state index contributed by atoms with van der Waals surface area (Å²) in [4.78, 5) is 21.1. The average molecular weight is 608 g/mol. The summed E-state index contributed by atoms with van der Waals surface area (Å²) < 4.78 is 63.9. The van der Waals surface area contributed by atoms with E-state index < -0.39 is 22.4 Å². The van der Waals surface area contributed by atoms with Crippen molar-refractivity contribution in [2.45, 2.75) is 51.2 Å². The van der Waals surface area contributed by atoms with Gasteiger partial charge in [0.15, 0.2) is 11.6 Å². The van der Waals surface area contributed by atoms with Gasteiger partial charge in [0, 0.05) is 75.3 Å². The van der Waals surface area contributed by atoms with Crippen molar-refractivity contribution in [1.82, 2.24) is 15.0 Å². The molecular formula is C33H32F3N3O3S. The lowest BCUT2D eigenvalue weighted by Gasteiger charge is -2.17. The van der Waals surface area contributed by atoms with E-state index in [9.17, 15) is 17.8 Å². The van der Waals surface area contributed by atoms with Crippen LogP contribution in [0.15, 0.2) is 60.9 Å². The molecule has 1 fully saturated rings. The van der Waals surface area contributed by atoms with Gasteiger partial charge in [-0.15, -0.1) is 0 Å². The molecule has 5 aromatic rings. The van der Waals surface area contributed by atoms with Crippen LogP contribution in [0.3, 0.4) is 0 Å². The number of H-pyrrole nitrogens is 2. The Balaban J connectivity index is 0.00000368. The van der Waals surface area contributed by atoms with Gasteiger partial charge in [0.1, 0.15) is 29.5 Å². The normalized spacial score (nSPS) is 16.3. The van der Waals surface area contributed by atoms with Crippen LogP contribution in [0.4, 0.5) is 13.2 Å². The molecule has 2 N–H and O–H groups in total. The average Bonchev–Trinajstić information content (AvgIpc) is 3.74. The molecule has 2 aromatic heterocycles. The molecular weight excluding hydrogens is 575 g/mol. The maximum atomic E-state index is 15.4. The van der Waals surface area contributed by atoms with E-state index >= 15 is 4.39 Å². The molecule has 6 rings (SSSR count). The van der Waals surface area contributed by atoms with E-state index in [1.807, 2.05) is 6.07 Å². The Labute approximate surface area is 250 Å². The second-order valence-electron chi connectivity index (χ2n) is 10.4. The quantitative estimate of drug-likeness (QED) is 0.160. The predicted molar refractivity (Wildman–Crippen MR) is 162 cm³/mol. The summed E-state index contributed by atoms with van der Waals surface area (Å²) in [5.74, 6) is -0.434. The zero-order chi connectivity index (χ0) is 29.2. The highest BCUT2D eigenvalue weighted by Gasteiger charge is 2.27. The summed E-state index contributed by atoms with van der Waals surface area (Å²) >= 11 is 0. The summed E-state index contributed by atoms with van der Waals surface area (Å²) in [7, 11) is -0.990. The lowest BCUT2D eigenvalue weighted by atomic mass is 10.0. The largest absolute Gasteiger partial charge is 0.454 e. The molecule has 0 aliphatic carbocycles. The number of benzene rings is 3. The van der Waals surface area contributed by atoms with Gasteiger partial charge in [-0.05, 0) is 61.1 Å². The molecule has 0 saturated carbocycles. The number of aldehydes is 1. The smallest absolute Gasteiger partial charge is 0.168 e. The highest BCUT2D eigenvalue weighted by atomic mass is 32.2. The molecule has 43 heavy (non-hydrogen) atoms. The molecule has 0 amide bonds. The van der Waals surface area contributed by atoms with Crippen LogP contribution in [0.1, 0.15) is 49.1 Å². The minimum atomic E-state index is -0.990. The van der Waals surface area contributed by atoms with Crippen LogP contribution < -0.4 is 4.74 Å². The Morgan fingerprint density at radius 2 is 1.91 bits per heavy atom. The van der Waals surface area contributed by atoms with E-state index in [4.69, 9.17) is 4.74 Å². The van der Waals surface area contributed by atoms with Crippen molar-refractivity contribution in [3.8, 4) is 22.9 Å². The highest BCUT2D eigenvalue weighted by Crippen LogP contribution is 2.38. The van der Waals surface area contributed by atoms with Crippen LogP contribution in [0.25, 0.3) is 22.3 Å². The zero-order valence-corrected chi connectivity index (χ0v) is 23.4. The summed E-state index contributed by atoms with van der Waals surface area (Å²) in [6.45, 7) is 0. The van der Waals surface area contributed by atoms with Gasteiger partial charge >= 0.3 is 0 Å². The topological polar surface area (TPSA) is 87.8 Å². The number of carbonyl (C=O) groups is 1. The number of ether oxygens (including phenoxy) is 1. The minimum Gasteiger partial charge on any atom is -0.454 e. The molecule has 0 bridgehead atoms. The molecule has 1 saturated heterocycles. The first-order chi connectivity index (χ1) is 20.4. The fraction of sp³-hybridized carbons (Fsp3) is 0.273. The first-order valence-corrected chi connectivity index (χ1v) is 15.2. The molecule has 6 nitrogen and oxygen atoms in total. The number of nitrogens with one attached hydrogen (secondary N) is 2. The van der Waals surface area contributed by atoms with Gasteiger partial charge in [0.05, 0.1) is 5.56 Å². The van der Waals surface area contributed by atoms with Gasteiger partial charge in [-0.2, -0.15) is 0 Å². The van der Waals surface area contributed by atoms with Crippen LogP contribution in [-0.4, -0.2) is 36.4 Å². The van der Waals surface area contributed by atoms with Crippen molar-refractivity contribution >= 4 is 28.0 Å². The number of carbonyl (C=O) groups excluding carboxylic acids is 1. The van der Waals surface area contributed by atoms with E-state index in [-0.39, 0.29) is 54.2 Å². The molecule has 2 atom stereocenters. The number of nitrogens with zero attached hydrogens (tertiary/aromatic N) is 1. The van der Waals surface area contributed by atoms with Crippen molar-refractivity contribution in [2.75, 3.05) is 5.75 Å². The maximum Gasteiger partial charge on any atom is 0.168 e. The first kappa shape index (κ1) is 30.3. The van der Waals surface area contributed by atoms with E-state index in [2.05, 4.69) is 15.0 Å². The van der Waals surface area contributed by atoms with Crippen molar-refractivity contribution in [3.63, 3.8) is 0 Å². The number of hydrogen-bond donors (Lipinski definition) is 2. The van der Waals surface area contributed by atoms with Crippen molar-refractivity contribution in [3.05, 3.63) is 101 Å². The Kier molecular flexibility index (Phi) is 9.15. The molecule has 1 aliphatic rings. The van der Waals surface area contributed by atoms with Crippen molar-refractivity contribution < 1.29 is 26.9 Å². The second-order valence-corrected chi connectivity index (χ2v) is 12.3. The van der Waals surface area contributed by atoms with Gasteiger partial charge in [-0.1, -0.05) is 25.6 Å². The number of aromatic nitrogens is 3. The highest BCUT2D eigenvalue weighted by molar-refractivity contribution is 7.85. The van der Waals surface area contributed by atoms with E-state index in [1.165, 1.54) is 30.5 Å². The Bertz CT molecular complexity index is 1800. The van der Waals surface area contributed by atoms with Crippen LogP contribution in [0.2, 0.25) is 0 Å². The third-order valence-corrected chi connectivity index (χ3v) is 9.49. The number of imidazole rings is 1. The fourth-order valence-electron chi connectivity index (χ4n) is 5.55. The standard InChI is InChI=1S/C32H28F3N3O3S.CH4/c33-27-9-8-22(41-31-25(16-23-7-3-13-42(23)40)24-10-11-36-29(24)17-28(31)34)15-26(27)32-37-18-21(38-32)14-20-5-1-4-19(30(20)35)6-2-12-39;/h1,4-5,8-12,15,17-18,23,36H,2-3,6-7,13-14,16H2,(H,37,38);1H4. The van der Waals surface area contributed by atoms with Crippen molar-refractivity contribution in [2.24, 2.45) is 0 Å². The number of rotatable bonds is 10. The summed E-state index contributed by atoms with van der Waals surface area (Å²) in [5, 5.41) is 0.698. The second kappa shape index (κ2) is 13.0. The molecule has 224 valence electrons. The number of fused-ring (bicyclic) bond motifs is 1. The Hall–Kier alpha value is -4.18. The fourth-order valence-corrected chi connectivity index (χ4v) is 7.11. The van der Waals surface area contributed by atoms with Crippen LogP contribution in [-0.2, 0) is 34.9 Å². The van der Waals surface area contributed by atoms with Crippen LogP contribution in [0, 0.1) is 17.5 Å². The lowest BCUT2D eigenvalue weighted by Crippen LogP contribution is -2.13. The SMILES string of the molecule is C.O=CCCc1cccc(Cc2cnc(-c3cc(Oc4c(F)cc5[nH]ccc5c4CC4CCCS4=O)ccc3F)[nH]2)c1F. The monoisotopic (exact) mass is 607 g/mol. The molecule has 10 heteroatoms. The van der Waals surface area contributed by atoms with E-state index in [0.29, 0.717) is 46.5 Å². The van der Waals surface area contributed by atoms with E-state index in [0.717, 1.165) is 24.5 Å². The molecule has 0 spiro atoms. The summed E-state index contributed by atoms with van der Waals surface area (Å²) in [5.41, 5.74) is 2.80. The number of halogens is 3. The molecule has 0 radical (unpaired) electrons. The Morgan fingerprint density at radius 3 is 2.70 bits per heavy atom. The van der Waals surface area contributed by atoms with Crippen LogP contribution in [0.5, 0.6) is 11.5 Å². The molecule has 2 unspecified atom stereocenters. The third kappa shape index (κ3) is 6.29. The van der Waals surface area contributed by atoms with Crippen molar-refractivity contribution in [1.29, 1.82) is 0 Å². The van der Waals surface area contributed by atoms with Gasteiger partial charge in [0.2, 0.25) is 0 Å². The lowest BCUT2D eigenvalue weighted by molar-refractivity contribution is -0.107. The summed E-state index contributed by atoms with van der Waals surface area (Å²) in [6, 6.07) is 12.3. The Morgan fingerprint density at radius 1 is 1.07 bits per heavy atom. The summed E-state index contributed by atoms with van der Waals surface area (Å²) in [6.07, 6.45) is 6.79. The van der Waals surface area contributed by atoms with Gasteiger partial charge in [-0.3, -0.25) is 4.21 Å². The number of aromatic amines is 2. The van der Waals surface area contributed by atoms with Crippen LogP contribution >= 0.6 is 0 Å². The first-order valence-electron chi connectivity index (χ1n) is 13.8. The number of hydrogen-bond acceptors (Lipinski definition) is 4. The van der Waals surface area contributed by atoms with Gasteiger partial charge in [-0.25, -0.2) is 18.2 Å². The van der Waals surface area contributed by atoms with Gasteiger partial charge < -0.3 is 19.5 Å². The molecule has 1 aliphatic heterocycles. The minimum absolute atomic E-state index is 0. The predicted octanol–water partition coefficient (Wildman–Crippen LogP) is 7.58.